The normalized spacial score (nSPS) is 10.7. The quantitative estimate of drug-likeness (QED) is 0.633. The van der Waals surface area contributed by atoms with Crippen LogP contribution in [0.15, 0.2) is 52.9 Å². The van der Waals surface area contributed by atoms with E-state index in [1.54, 1.807) is 7.11 Å². The molecular formula is C20H20ClNO2. The van der Waals surface area contributed by atoms with Crippen LogP contribution in [0.3, 0.4) is 0 Å². The molecule has 0 aliphatic carbocycles. The second-order valence-electron chi connectivity index (χ2n) is 5.77. The summed E-state index contributed by atoms with van der Waals surface area (Å²) in [4.78, 5) is 0. The maximum atomic E-state index is 6.18. The minimum atomic E-state index is 0.571. The summed E-state index contributed by atoms with van der Waals surface area (Å²) in [7, 11) is 1.60. The molecule has 0 bridgehead atoms. The number of aryl methyl sites for hydroxylation is 2. The average Bonchev–Trinajstić information content (AvgIpc) is 3.05. The monoisotopic (exact) mass is 341 g/mol. The molecule has 1 N–H and O–H groups in total. The van der Waals surface area contributed by atoms with Gasteiger partial charge in [-0.1, -0.05) is 17.7 Å². The van der Waals surface area contributed by atoms with Gasteiger partial charge < -0.3 is 14.5 Å². The number of hydrogen-bond donors (Lipinski definition) is 1. The number of methoxy groups -OCH3 is 1. The lowest BCUT2D eigenvalue weighted by Gasteiger charge is -2.07. The van der Waals surface area contributed by atoms with Crippen molar-refractivity contribution in [3.8, 4) is 17.1 Å². The summed E-state index contributed by atoms with van der Waals surface area (Å²) in [6.45, 7) is 4.85. The maximum absolute atomic E-state index is 6.18. The number of halogens is 1. The molecule has 0 aliphatic rings. The number of anilines is 1. The van der Waals surface area contributed by atoms with Crippen LogP contribution in [0.5, 0.6) is 5.75 Å². The van der Waals surface area contributed by atoms with E-state index in [-0.39, 0.29) is 0 Å². The molecule has 3 aromatic rings. The molecular weight excluding hydrogens is 322 g/mol. The zero-order valence-electron chi connectivity index (χ0n) is 14.0. The molecule has 3 nitrogen and oxygen atoms in total. The van der Waals surface area contributed by atoms with E-state index in [0.29, 0.717) is 17.3 Å². The topological polar surface area (TPSA) is 34.4 Å². The molecule has 0 amide bonds. The Hall–Kier alpha value is -2.39. The van der Waals surface area contributed by atoms with Crippen LogP contribution in [0.4, 0.5) is 5.69 Å². The number of benzene rings is 2. The minimum absolute atomic E-state index is 0.571. The van der Waals surface area contributed by atoms with E-state index in [1.807, 2.05) is 30.3 Å². The molecule has 0 aliphatic heterocycles. The van der Waals surface area contributed by atoms with Crippen LogP contribution in [-0.4, -0.2) is 7.11 Å². The summed E-state index contributed by atoms with van der Waals surface area (Å²) in [5.74, 6) is 2.32. The lowest BCUT2D eigenvalue weighted by molar-refractivity contribution is 0.415. The fourth-order valence-corrected chi connectivity index (χ4v) is 2.75. The summed E-state index contributed by atoms with van der Waals surface area (Å²) in [6.07, 6.45) is 0. The van der Waals surface area contributed by atoms with Crippen molar-refractivity contribution in [2.24, 2.45) is 0 Å². The number of rotatable bonds is 5. The van der Waals surface area contributed by atoms with Crippen molar-refractivity contribution in [3.63, 3.8) is 0 Å². The summed E-state index contributed by atoms with van der Waals surface area (Å²) in [5, 5.41) is 3.95. The first-order chi connectivity index (χ1) is 11.6. The van der Waals surface area contributed by atoms with Crippen molar-refractivity contribution in [3.05, 3.63) is 70.4 Å². The van der Waals surface area contributed by atoms with Gasteiger partial charge in [0.15, 0.2) is 0 Å². The molecule has 0 unspecified atom stereocenters. The molecule has 0 saturated heterocycles. The van der Waals surface area contributed by atoms with Crippen LogP contribution >= 0.6 is 11.6 Å². The third kappa shape index (κ3) is 3.57. The molecule has 124 valence electrons. The van der Waals surface area contributed by atoms with Crippen LogP contribution in [0.1, 0.15) is 16.9 Å². The van der Waals surface area contributed by atoms with Gasteiger partial charge in [-0.05, 0) is 67.4 Å². The van der Waals surface area contributed by atoms with E-state index >= 15 is 0 Å². The number of nitrogens with one attached hydrogen (secondary N) is 1. The highest BCUT2D eigenvalue weighted by atomic mass is 35.5. The van der Waals surface area contributed by atoms with Crippen molar-refractivity contribution < 1.29 is 9.15 Å². The molecule has 1 aromatic heterocycles. The first-order valence-electron chi connectivity index (χ1n) is 7.80. The van der Waals surface area contributed by atoms with Crippen molar-refractivity contribution in [2.45, 2.75) is 20.4 Å². The lowest BCUT2D eigenvalue weighted by atomic mass is 10.1. The number of hydrogen-bond acceptors (Lipinski definition) is 3. The lowest BCUT2D eigenvalue weighted by Crippen LogP contribution is -1.98. The molecule has 0 atom stereocenters. The summed E-state index contributed by atoms with van der Waals surface area (Å²) in [5.41, 5.74) is 4.58. The summed E-state index contributed by atoms with van der Waals surface area (Å²) < 4.78 is 11.1. The smallest absolute Gasteiger partial charge is 0.137 e. The average molecular weight is 342 g/mol. The zero-order valence-corrected chi connectivity index (χ0v) is 14.8. The first kappa shape index (κ1) is 16.5. The highest BCUT2D eigenvalue weighted by Crippen LogP contribution is 2.31. The molecule has 0 fully saturated rings. The Labute approximate surface area is 147 Å². The molecule has 2 aromatic carbocycles. The van der Waals surface area contributed by atoms with Gasteiger partial charge in [-0.3, -0.25) is 0 Å². The zero-order chi connectivity index (χ0) is 17.1. The van der Waals surface area contributed by atoms with Gasteiger partial charge in [0.1, 0.15) is 17.3 Å². The van der Waals surface area contributed by atoms with Gasteiger partial charge in [-0.15, -0.1) is 0 Å². The third-order valence-electron chi connectivity index (χ3n) is 4.07. The number of ether oxygens (including phenoxy) is 1. The predicted octanol–water partition coefficient (Wildman–Crippen LogP) is 5.84. The highest BCUT2D eigenvalue weighted by molar-refractivity contribution is 6.32. The standard InChI is InChI=1S/C20H20ClNO2/c1-13-4-6-16(10-14(13)2)22-12-17-7-9-19(24-17)15-5-8-20(23-3)18(21)11-15/h4-11,22H,12H2,1-3H3. The van der Waals surface area contributed by atoms with Gasteiger partial charge in [0.05, 0.1) is 18.7 Å². The second kappa shape index (κ2) is 7.02. The SMILES string of the molecule is COc1ccc(-c2ccc(CNc3ccc(C)c(C)c3)o2)cc1Cl. The molecule has 3 rings (SSSR count). The van der Waals surface area contributed by atoms with Crippen LogP contribution < -0.4 is 10.1 Å². The largest absolute Gasteiger partial charge is 0.495 e. The Morgan fingerprint density at radius 1 is 1.00 bits per heavy atom. The fourth-order valence-electron chi connectivity index (χ4n) is 2.49. The van der Waals surface area contributed by atoms with E-state index < -0.39 is 0 Å². The van der Waals surface area contributed by atoms with Gasteiger partial charge >= 0.3 is 0 Å². The van der Waals surface area contributed by atoms with Gasteiger partial charge in [0.2, 0.25) is 0 Å². The van der Waals surface area contributed by atoms with Crippen LogP contribution in [0.2, 0.25) is 5.02 Å². The van der Waals surface area contributed by atoms with Gasteiger partial charge in [-0.2, -0.15) is 0 Å². The van der Waals surface area contributed by atoms with Gasteiger partial charge in [0, 0.05) is 11.3 Å². The minimum Gasteiger partial charge on any atom is -0.495 e. The van der Waals surface area contributed by atoms with Gasteiger partial charge in [0.25, 0.3) is 0 Å². The van der Waals surface area contributed by atoms with Crippen molar-refractivity contribution in [1.29, 1.82) is 0 Å². The molecule has 1 heterocycles. The molecule has 4 heteroatoms. The Morgan fingerprint density at radius 2 is 1.83 bits per heavy atom. The van der Waals surface area contributed by atoms with Gasteiger partial charge in [-0.25, -0.2) is 0 Å². The Kier molecular flexibility index (Phi) is 4.81. The highest BCUT2D eigenvalue weighted by Gasteiger charge is 2.08. The Balaban J connectivity index is 1.71. The Morgan fingerprint density at radius 3 is 2.54 bits per heavy atom. The summed E-state index contributed by atoms with van der Waals surface area (Å²) >= 11 is 6.18. The van der Waals surface area contributed by atoms with Crippen molar-refractivity contribution >= 4 is 17.3 Å². The molecule has 24 heavy (non-hydrogen) atoms. The van der Waals surface area contributed by atoms with E-state index in [4.69, 9.17) is 20.8 Å². The second-order valence-corrected chi connectivity index (χ2v) is 6.18. The van der Waals surface area contributed by atoms with Crippen LogP contribution in [0, 0.1) is 13.8 Å². The molecule has 0 radical (unpaired) electrons. The molecule has 0 spiro atoms. The van der Waals surface area contributed by atoms with Crippen molar-refractivity contribution in [2.75, 3.05) is 12.4 Å². The van der Waals surface area contributed by atoms with Crippen LogP contribution in [0.25, 0.3) is 11.3 Å². The third-order valence-corrected chi connectivity index (χ3v) is 4.37. The maximum Gasteiger partial charge on any atom is 0.137 e. The van der Waals surface area contributed by atoms with E-state index in [9.17, 15) is 0 Å². The Bertz CT molecular complexity index is 855. The number of furan rings is 1. The van der Waals surface area contributed by atoms with E-state index in [1.165, 1.54) is 11.1 Å². The van der Waals surface area contributed by atoms with E-state index in [2.05, 4.69) is 37.4 Å². The predicted molar refractivity (Wildman–Crippen MR) is 98.9 cm³/mol. The fraction of sp³-hybridized carbons (Fsp3) is 0.200. The molecule has 0 saturated carbocycles. The van der Waals surface area contributed by atoms with Crippen LogP contribution in [-0.2, 0) is 6.54 Å². The first-order valence-corrected chi connectivity index (χ1v) is 8.18. The summed E-state index contributed by atoms with van der Waals surface area (Å²) in [6, 6.07) is 15.9. The van der Waals surface area contributed by atoms with E-state index in [0.717, 1.165) is 22.8 Å². The van der Waals surface area contributed by atoms with Crippen molar-refractivity contribution in [1.82, 2.24) is 0 Å².